The molecule has 122 valence electrons. The summed E-state index contributed by atoms with van der Waals surface area (Å²) in [4.78, 5) is 22.9. The number of rotatable bonds is 5. The van der Waals surface area contributed by atoms with Crippen LogP contribution < -0.4 is 10.6 Å². The number of non-ortho nitro benzene ring substituents is 1. The normalized spacial score (nSPS) is 16.4. The number of nitro benzene ring substituents is 1. The number of halogens is 1. The third-order valence-corrected chi connectivity index (χ3v) is 3.78. The molecule has 0 saturated carbocycles. The first-order valence-electron chi connectivity index (χ1n) is 6.83. The van der Waals surface area contributed by atoms with Gasteiger partial charge in [-0.15, -0.1) is 12.4 Å². The molecule has 0 spiro atoms. The molecule has 0 bridgehead atoms. The van der Waals surface area contributed by atoms with E-state index in [0.717, 1.165) is 13.1 Å². The number of piperidine rings is 1. The van der Waals surface area contributed by atoms with Gasteiger partial charge in [-0.25, -0.2) is 0 Å². The van der Waals surface area contributed by atoms with Gasteiger partial charge in [0.15, 0.2) is 0 Å². The maximum atomic E-state index is 12.6. The summed E-state index contributed by atoms with van der Waals surface area (Å²) in [5.41, 5.74) is -0.188. The second-order valence-corrected chi connectivity index (χ2v) is 5.22. The van der Waals surface area contributed by atoms with Crippen LogP contribution >= 0.6 is 12.4 Å². The zero-order valence-electron chi connectivity index (χ0n) is 12.3. The second-order valence-electron chi connectivity index (χ2n) is 5.22. The third kappa shape index (κ3) is 4.16. The highest BCUT2D eigenvalue weighted by Gasteiger charge is 2.39. The molecule has 7 nitrogen and oxygen atoms in total. The Labute approximate surface area is 135 Å². The number of ether oxygens (including phenoxy) is 1. The molecule has 8 heteroatoms. The number of anilines is 1. The summed E-state index contributed by atoms with van der Waals surface area (Å²) in [7, 11) is 1.57. The number of carbonyl (C=O) groups is 1. The van der Waals surface area contributed by atoms with Crippen molar-refractivity contribution in [2.45, 2.75) is 12.8 Å². The molecule has 0 radical (unpaired) electrons. The summed E-state index contributed by atoms with van der Waals surface area (Å²) >= 11 is 0. The van der Waals surface area contributed by atoms with Gasteiger partial charge in [0.05, 0.1) is 16.9 Å². The second kappa shape index (κ2) is 8.07. The molecule has 1 aliphatic rings. The molecule has 1 amide bonds. The lowest BCUT2D eigenvalue weighted by Crippen LogP contribution is -2.47. The Morgan fingerprint density at radius 3 is 2.73 bits per heavy atom. The fraction of sp³-hybridized carbons (Fsp3) is 0.500. The summed E-state index contributed by atoms with van der Waals surface area (Å²) in [6.45, 7) is 1.85. The van der Waals surface area contributed by atoms with E-state index in [-0.39, 0.29) is 24.0 Å². The number of hydrogen-bond acceptors (Lipinski definition) is 5. The minimum absolute atomic E-state index is 0. The van der Waals surface area contributed by atoms with Crippen LogP contribution in [-0.4, -0.2) is 37.6 Å². The first kappa shape index (κ1) is 18.3. The van der Waals surface area contributed by atoms with Gasteiger partial charge in [0.2, 0.25) is 5.91 Å². The van der Waals surface area contributed by atoms with E-state index in [1.54, 1.807) is 19.2 Å². The molecule has 0 aliphatic carbocycles. The third-order valence-electron chi connectivity index (χ3n) is 3.78. The van der Waals surface area contributed by atoms with Crippen molar-refractivity contribution in [1.29, 1.82) is 0 Å². The summed E-state index contributed by atoms with van der Waals surface area (Å²) in [5.74, 6) is -0.147. The number of methoxy groups -OCH3 is 1. The molecule has 1 saturated heterocycles. The number of nitrogens with one attached hydrogen (secondary N) is 2. The smallest absolute Gasteiger partial charge is 0.271 e. The van der Waals surface area contributed by atoms with E-state index in [1.807, 2.05) is 0 Å². The molecule has 0 atom stereocenters. The Bertz CT molecular complexity index is 527. The molecule has 0 unspecified atom stereocenters. The average molecular weight is 330 g/mol. The molecule has 1 aromatic carbocycles. The van der Waals surface area contributed by atoms with Gasteiger partial charge in [-0.3, -0.25) is 14.9 Å². The number of amides is 1. The molecule has 1 fully saturated rings. The van der Waals surface area contributed by atoms with Crippen molar-refractivity contribution in [2.24, 2.45) is 5.41 Å². The monoisotopic (exact) mass is 329 g/mol. The van der Waals surface area contributed by atoms with Crippen molar-refractivity contribution in [2.75, 3.05) is 32.1 Å². The van der Waals surface area contributed by atoms with Crippen LogP contribution in [0.25, 0.3) is 0 Å². The minimum Gasteiger partial charge on any atom is -0.384 e. The van der Waals surface area contributed by atoms with Gasteiger partial charge < -0.3 is 15.4 Å². The summed E-state index contributed by atoms with van der Waals surface area (Å²) in [5, 5.41) is 16.8. The summed E-state index contributed by atoms with van der Waals surface area (Å²) in [6, 6.07) is 5.95. The van der Waals surface area contributed by atoms with Crippen LogP contribution in [0.3, 0.4) is 0 Å². The van der Waals surface area contributed by atoms with Gasteiger partial charge in [0, 0.05) is 24.9 Å². The van der Waals surface area contributed by atoms with Crippen LogP contribution in [0.1, 0.15) is 12.8 Å². The fourth-order valence-electron chi connectivity index (χ4n) is 2.58. The van der Waals surface area contributed by atoms with E-state index in [4.69, 9.17) is 4.74 Å². The van der Waals surface area contributed by atoms with Crippen LogP contribution in [0.2, 0.25) is 0 Å². The maximum absolute atomic E-state index is 12.6. The zero-order chi connectivity index (χ0) is 15.3. The molecule has 1 heterocycles. The largest absolute Gasteiger partial charge is 0.384 e. The summed E-state index contributed by atoms with van der Waals surface area (Å²) in [6.07, 6.45) is 1.36. The molecule has 2 N–H and O–H groups in total. The molecule has 22 heavy (non-hydrogen) atoms. The molecule has 1 aliphatic heterocycles. The standard InChI is InChI=1S/C14H19N3O4.ClH/c1-21-10-14(5-7-15-8-6-14)13(18)16-11-3-2-4-12(9-11)17(19)20;/h2-4,9,15H,5-8,10H2,1H3,(H,16,18);1H. The molecule has 0 aromatic heterocycles. The maximum Gasteiger partial charge on any atom is 0.271 e. The van der Waals surface area contributed by atoms with Crippen LogP contribution in [0, 0.1) is 15.5 Å². The predicted molar refractivity (Wildman–Crippen MR) is 85.4 cm³/mol. The Morgan fingerprint density at radius 1 is 1.45 bits per heavy atom. The number of nitro groups is 1. The number of nitrogens with zero attached hydrogens (tertiary/aromatic N) is 1. The Kier molecular flexibility index (Phi) is 6.73. The van der Waals surface area contributed by atoms with Gasteiger partial charge in [-0.1, -0.05) is 6.07 Å². The van der Waals surface area contributed by atoms with Crippen LogP contribution in [0.15, 0.2) is 24.3 Å². The van der Waals surface area contributed by atoms with E-state index in [1.165, 1.54) is 12.1 Å². The Hall–Kier alpha value is -1.70. The molecule has 2 rings (SSSR count). The SMILES string of the molecule is COCC1(C(=O)Nc2cccc([N+](=O)[O-])c2)CCNCC1.Cl. The van der Waals surface area contributed by atoms with E-state index < -0.39 is 10.3 Å². The predicted octanol–water partition coefficient (Wildman–Crippen LogP) is 1.97. The van der Waals surface area contributed by atoms with Gasteiger partial charge >= 0.3 is 0 Å². The Morgan fingerprint density at radius 2 is 2.14 bits per heavy atom. The van der Waals surface area contributed by atoms with Gasteiger partial charge in [0.1, 0.15) is 0 Å². The van der Waals surface area contributed by atoms with Crippen molar-refractivity contribution in [3.8, 4) is 0 Å². The van der Waals surface area contributed by atoms with Crippen LogP contribution in [-0.2, 0) is 9.53 Å². The molecule has 1 aromatic rings. The quantitative estimate of drug-likeness (QED) is 0.636. The van der Waals surface area contributed by atoms with Crippen molar-refractivity contribution in [3.05, 3.63) is 34.4 Å². The van der Waals surface area contributed by atoms with Crippen LogP contribution in [0.5, 0.6) is 0 Å². The van der Waals surface area contributed by atoms with Gasteiger partial charge in [0.25, 0.3) is 5.69 Å². The summed E-state index contributed by atoms with van der Waals surface area (Å²) < 4.78 is 5.21. The van der Waals surface area contributed by atoms with E-state index in [9.17, 15) is 14.9 Å². The van der Waals surface area contributed by atoms with Gasteiger partial charge in [-0.2, -0.15) is 0 Å². The number of hydrogen-bond donors (Lipinski definition) is 2. The highest BCUT2D eigenvalue weighted by molar-refractivity contribution is 5.95. The topological polar surface area (TPSA) is 93.5 Å². The number of carbonyl (C=O) groups excluding carboxylic acids is 1. The lowest BCUT2D eigenvalue weighted by molar-refractivity contribution is -0.384. The van der Waals surface area contributed by atoms with Crippen molar-refractivity contribution >= 4 is 29.7 Å². The number of benzene rings is 1. The van der Waals surface area contributed by atoms with Crippen LogP contribution in [0.4, 0.5) is 11.4 Å². The van der Waals surface area contributed by atoms with E-state index in [0.29, 0.717) is 25.1 Å². The van der Waals surface area contributed by atoms with Crippen molar-refractivity contribution in [1.82, 2.24) is 5.32 Å². The highest BCUT2D eigenvalue weighted by Crippen LogP contribution is 2.31. The first-order chi connectivity index (χ1) is 10.1. The fourth-order valence-corrected chi connectivity index (χ4v) is 2.58. The van der Waals surface area contributed by atoms with E-state index >= 15 is 0 Å². The molecular formula is C14H20ClN3O4. The Balaban J connectivity index is 0.00000242. The molecular weight excluding hydrogens is 310 g/mol. The van der Waals surface area contributed by atoms with Crippen molar-refractivity contribution in [3.63, 3.8) is 0 Å². The van der Waals surface area contributed by atoms with Crippen molar-refractivity contribution < 1.29 is 14.5 Å². The minimum atomic E-state index is -0.579. The lowest BCUT2D eigenvalue weighted by Gasteiger charge is -2.35. The average Bonchev–Trinajstić information content (AvgIpc) is 2.48. The van der Waals surface area contributed by atoms with E-state index in [2.05, 4.69) is 10.6 Å². The van der Waals surface area contributed by atoms with Gasteiger partial charge in [-0.05, 0) is 32.0 Å². The lowest BCUT2D eigenvalue weighted by atomic mass is 9.78. The highest BCUT2D eigenvalue weighted by atomic mass is 35.5. The zero-order valence-corrected chi connectivity index (χ0v) is 13.1. The first-order valence-corrected chi connectivity index (χ1v) is 6.83.